The fourth-order valence-corrected chi connectivity index (χ4v) is 1.12. The number of benzene rings is 1. The van der Waals surface area contributed by atoms with Crippen LogP contribution < -0.4 is 9.47 Å². The Morgan fingerprint density at radius 3 is 2.62 bits per heavy atom. The van der Waals surface area contributed by atoms with Crippen molar-refractivity contribution in [1.29, 1.82) is 0 Å². The highest BCUT2D eigenvalue weighted by Gasteiger charge is 2.16. The first-order valence-electron chi connectivity index (χ1n) is 3.64. The van der Waals surface area contributed by atoms with Gasteiger partial charge in [-0.25, -0.2) is 0 Å². The zero-order valence-corrected chi connectivity index (χ0v) is 8.34. The molecule has 13 heavy (non-hydrogen) atoms. The molecule has 1 aromatic rings. The summed E-state index contributed by atoms with van der Waals surface area (Å²) in [7, 11) is 3.14. The predicted molar refractivity (Wildman–Crippen MR) is 55.4 cm³/mol. The third-order valence-electron chi connectivity index (χ3n) is 1.55. The van der Waals surface area contributed by atoms with Gasteiger partial charge < -0.3 is 9.47 Å². The third-order valence-corrected chi connectivity index (χ3v) is 1.65. The minimum absolute atomic E-state index is 0.589. The second-order valence-corrected chi connectivity index (χ2v) is 2.42. The minimum Gasteiger partial charge on any atom is -0.493 e. The first kappa shape index (κ1) is 9.75. The zero-order chi connectivity index (χ0) is 9.68. The van der Waals surface area contributed by atoms with Gasteiger partial charge in [-0.05, 0) is 23.5 Å². The van der Waals surface area contributed by atoms with Crippen LogP contribution in [0.4, 0.5) is 5.69 Å². The summed E-state index contributed by atoms with van der Waals surface area (Å²) in [5.74, 6) is 1.24. The van der Waals surface area contributed by atoms with Crippen LogP contribution in [-0.4, -0.2) is 14.2 Å². The van der Waals surface area contributed by atoms with Gasteiger partial charge in [0, 0.05) is 6.07 Å². The van der Waals surface area contributed by atoms with Gasteiger partial charge in [0.15, 0.2) is 5.75 Å². The molecule has 0 radical (unpaired) electrons. The van der Waals surface area contributed by atoms with E-state index in [4.69, 9.17) is 9.47 Å². The lowest BCUT2D eigenvalue weighted by Crippen LogP contribution is -1.89. The number of thiol groups is 1. The third kappa shape index (κ3) is 2.07. The average Bonchev–Trinajstić information content (AvgIpc) is 2.18. The lowest BCUT2D eigenvalue weighted by atomic mass is 10.3. The molecule has 0 amide bonds. The number of para-hydroxylation sites is 1. The topological polar surface area (TPSA) is 22.8 Å². The molecule has 0 N–H and O–H groups in total. The van der Waals surface area contributed by atoms with Gasteiger partial charge in [-0.3, -0.25) is 0 Å². The van der Waals surface area contributed by atoms with E-state index >= 15 is 0 Å². The van der Waals surface area contributed by atoms with E-state index in [1.807, 2.05) is 6.07 Å². The molecule has 0 fully saturated rings. The number of ether oxygens (including phenoxy) is 2. The molecular weight excluding hydrogens is 186 g/mol. The molecule has 0 aliphatic carbocycles. The highest BCUT2D eigenvalue weighted by molar-refractivity contribution is 7.85. The van der Waals surface area contributed by atoms with Gasteiger partial charge in [0.1, 0.15) is 0 Å². The Morgan fingerprint density at radius 2 is 2.08 bits per heavy atom. The van der Waals surface area contributed by atoms with Crippen LogP contribution in [0.15, 0.2) is 18.2 Å². The Morgan fingerprint density at radius 1 is 1.31 bits per heavy atom. The Bertz CT molecular complexity index is 354. The molecule has 1 rings (SSSR count). The number of hydrogen-bond acceptors (Lipinski definition) is 3. The number of methoxy groups -OCH3 is 2. The molecule has 0 aromatic heterocycles. The van der Waals surface area contributed by atoms with E-state index in [1.54, 1.807) is 26.4 Å². The molecule has 0 heterocycles. The van der Waals surface area contributed by atoms with Gasteiger partial charge in [0.25, 0.3) is 5.75 Å². The lowest BCUT2D eigenvalue weighted by molar-refractivity contribution is 0.357. The second-order valence-electron chi connectivity index (χ2n) is 2.22. The van der Waals surface area contributed by atoms with Crippen molar-refractivity contribution in [3.8, 4) is 16.9 Å². The summed E-state index contributed by atoms with van der Waals surface area (Å²) in [6.07, 6.45) is 0. The van der Waals surface area contributed by atoms with Gasteiger partial charge >= 0.3 is 11.1 Å². The fraction of sp³-hybridized carbons (Fsp3) is 0.222. The SMILES string of the molecule is COc1cccc([N+]#CS)c1OC. The van der Waals surface area contributed by atoms with Crippen molar-refractivity contribution >= 4 is 18.3 Å². The zero-order valence-electron chi connectivity index (χ0n) is 7.44. The molecule has 0 bridgehead atoms. The van der Waals surface area contributed by atoms with Gasteiger partial charge in [-0.2, -0.15) is 0 Å². The van der Waals surface area contributed by atoms with Crippen molar-refractivity contribution in [2.45, 2.75) is 0 Å². The summed E-state index contributed by atoms with van der Waals surface area (Å²) in [6.45, 7) is 0. The molecule has 1 aromatic carbocycles. The highest BCUT2D eigenvalue weighted by Crippen LogP contribution is 2.36. The molecule has 0 spiro atoms. The maximum Gasteiger partial charge on any atom is 0.386 e. The van der Waals surface area contributed by atoms with Crippen molar-refractivity contribution in [3.05, 3.63) is 23.0 Å². The second kappa shape index (κ2) is 4.63. The minimum atomic E-state index is 0.589. The van der Waals surface area contributed by atoms with Crippen LogP contribution in [0, 0.1) is 5.40 Å². The van der Waals surface area contributed by atoms with Crippen LogP contribution in [0.2, 0.25) is 0 Å². The predicted octanol–water partition coefficient (Wildman–Crippen LogP) is 2.56. The fourth-order valence-electron chi connectivity index (χ4n) is 1.01. The summed E-state index contributed by atoms with van der Waals surface area (Å²) >= 11 is 3.77. The Hall–Kier alpha value is -1.34. The van der Waals surface area contributed by atoms with Crippen LogP contribution in [-0.2, 0) is 0 Å². The average molecular weight is 196 g/mol. The van der Waals surface area contributed by atoms with Crippen LogP contribution in [0.3, 0.4) is 0 Å². The summed E-state index contributed by atoms with van der Waals surface area (Å²) in [5.41, 5.74) is 0.650. The lowest BCUT2D eigenvalue weighted by Gasteiger charge is -2.03. The highest BCUT2D eigenvalue weighted by atomic mass is 32.1. The summed E-state index contributed by atoms with van der Waals surface area (Å²) in [4.78, 5) is 3.90. The van der Waals surface area contributed by atoms with Crippen LogP contribution in [0.1, 0.15) is 0 Å². The number of nitrogens with zero attached hydrogens (tertiary/aromatic N) is 1. The van der Waals surface area contributed by atoms with Crippen molar-refractivity contribution in [2.24, 2.45) is 0 Å². The summed E-state index contributed by atoms with van der Waals surface area (Å²) in [6, 6.07) is 5.42. The molecule has 0 saturated heterocycles. The first-order chi connectivity index (χ1) is 6.33. The molecule has 68 valence electrons. The van der Waals surface area contributed by atoms with Gasteiger partial charge in [-0.1, -0.05) is 6.07 Å². The van der Waals surface area contributed by atoms with Gasteiger partial charge in [0.05, 0.1) is 14.2 Å². The molecule has 3 nitrogen and oxygen atoms in total. The van der Waals surface area contributed by atoms with E-state index in [0.717, 1.165) is 0 Å². The number of rotatable bonds is 2. The van der Waals surface area contributed by atoms with Crippen molar-refractivity contribution in [2.75, 3.05) is 14.2 Å². The number of thiocyanates is 1. The smallest absolute Gasteiger partial charge is 0.386 e. The molecule has 0 aliphatic heterocycles. The maximum atomic E-state index is 5.13. The maximum absolute atomic E-state index is 5.13. The van der Waals surface area contributed by atoms with E-state index in [1.165, 1.54) is 0 Å². The Balaban J connectivity index is 3.24. The Labute approximate surface area is 82.5 Å². The molecule has 4 heteroatoms. The summed E-state index contributed by atoms with van der Waals surface area (Å²) < 4.78 is 10.2. The van der Waals surface area contributed by atoms with E-state index in [-0.39, 0.29) is 0 Å². The molecule has 0 unspecified atom stereocenters. The van der Waals surface area contributed by atoms with Gasteiger partial charge in [0.2, 0.25) is 0 Å². The van der Waals surface area contributed by atoms with E-state index in [0.29, 0.717) is 17.2 Å². The van der Waals surface area contributed by atoms with Crippen molar-refractivity contribution in [1.82, 2.24) is 0 Å². The quantitative estimate of drug-likeness (QED) is 0.580. The van der Waals surface area contributed by atoms with Gasteiger partial charge in [-0.15, -0.1) is 0 Å². The number of hydrogen-bond donors (Lipinski definition) is 1. The monoisotopic (exact) mass is 196 g/mol. The van der Waals surface area contributed by atoms with Crippen LogP contribution >= 0.6 is 12.6 Å². The molecule has 0 atom stereocenters. The van der Waals surface area contributed by atoms with Crippen LogP contribution in [0.5, 0.6) is 11.5 Å². The van der Waals surface area contributed by atoms with E-state index in [2.05, 4.69) is 22.9 Å². The summed E-state index contributed by atoms with van der Waals surface area (Å²) in [5, 5.41) is 2.39. The van der Waals surface area contributed by atoms with E-state index in [9.17, 15) is 0 Å². The van der Waals surface area contributed by atoms with Crippen LogP contribution in [0.25, 0.3) is 4.85 Å². The molecular formula is C9H10NO2S+. The normalized spacial score (nSPS) is 8.54. The molecule has 0 aliphatic rings. The standard InChI is InChI=1S/C9H9NO2S/c1-11-8-5-3-4-7(10-6-13)9(8)12-2/h3-5H,1-2H3/p+1. The van der Waals surface area contributed by atoms with Crippen molar-refractivity contribution in [3.63, 3.8) is 0 Å². The van der Waals surface area contributed by atoms with Crippen molar-refractivity contribution < 1.29 is 9.47 Å². The van der Waals surface area contributed by atoms with E-state index < -0.39 is 0 Å². The Kier molecular flexibility index (Phi) is 3.47. The largest absolute Gasteiger partial charge is 0.493 e. The molecule has 0 saturated carbocycles. The first-order valence-corrected chi connectivity index (χ1v) is 4.09.